The maximum absolute atomic E-state index is 13.8. The molecular formula is C62H135N5O. The van der Waals surface area contributed by atoms with Crippen LogP contribution in [0.5, 0.6) is 0 Å². The number of carbonyl (C=O) groups is 1. The van der Waals surface area contributed by atoms with Crippen LogP contribution in [0.25, 0.3) is 0 Å². The molecular weight excluding hydrogens is 831 g/mol. The number of rotatable bonds is 53. The van der Waals surface area contributed by atoms with Gasteiger partial charge in [-0.2, -0.15) is 0 Å². The lowest BCUT2D eigenvalue weighted by molar-refractivity contribution is -0.131. The van der Waals surface area contributed by atoms with E-state index in [0.717, 1.165) is 52.1 Å². The predicted octanol–water partition coefficient (Wildman–Crippen LogP) is 18.9. The molecule has 0 aromatic carbocycles. The zero-order valence-corrected chi connectivity index (χ0v) is 45.3. The minimum absolute atomic E-state index is 0. The van der Waals surface area contributed by atoms with Crippen molar-refractivity contribution in [2.24, 2.45) is 0 Å². The van der Waals surface area contributed by atoms with Crippen molar-refractivity contribution in [2.75, 3.05) is 86.1 Å². The topological polar surface area (TPSA) is 33.3 Å². The Morgan fingerprint density at radius 3 is 0.809 bits per heavy atom. The Bertz CT molecular complexity index is 924. The molecule has 0 bridgehead atoms. The lowest BCUT2D eigenvalue weighted by Crippen LogP contribution is -2.43. The van der Waals surface area contributed by atoms with E-state index in [2.05, 4.69) is 74.9 Å². The van der Waals surface area contributed by atoms with E-state index in [0.29, 0.717) is 12.5 Å². The zero-order valence-electron chi connectivity index (χ0n) is 45.3. The van der Waals surface area contributed by atoms with Crippen molar-refractivity contribution in [3.05, 3.63) is 12.3 Å². The molecule has 0 heterocycles. The molecule has 68 heavy (non-hydrogen) atoms. The van der Waals surface area contributed by atoms with Crippen LogP contribution >= 0.6 is 0 Å². The molecule has 0 saturated heterocycles. The zero-order chi connectivity index (χ0) is 47.0. The number of unbranched alkanes of at least 4 members (excludes halogenated alkanes) is 31. The Morgan fingerprint density at radius 1 is 0.279 bits per heavy atom. The van der Waals surface area contributed by atoms with Crippen LogP contribution in [0, 0.1) is 0 Å². The van der Waals surface area contributed by atoms with Gasteiger partial charge in [0.15, 0.2) is 0 Å². The first kappa shape index (κ1) is 75.8. The average molecular weight is 967 g/mol. The monoisotopic (exact) mass is 966 g/mol. The summed E-state index contributed by atoms with van der Waals surface area (Å²) in [6.45, 7) is 27.6. The van der Waals surface area contributed by atoms with Crippen molar-refractivity contribution >= 4 is 5.91 Å². The van der Waals surface area contributed by atoms with Gasteiger partial charge in [-0.25, -0.2) is 0 Å². The van der Waals surface area contributed by atoms with Gasteiger partial charge in [-0.15, -0.1) is 0 Å². The predicted molar refractivity (Wildman–Crippen MR) is 315 cm³/mol. The highest BCUT2D eigenvalue weighted by molar-refractivity contribution is 5.77. The SMILES string of the molecule is C.C.C.C.C=C(CN(CCCCCCCCC)CCCCCCCCC)N(C)CCCCN(C)C(=O)CN(CCCCCCCCC)CCN(CCCCCCCCC)CCCCCCCCC. The Morgan fingerprint density at radius 2 is 0.500 bits per heavy atom. The van der Waals surface area contributed by atoms with Gasteiger partial charge >= 0.3 is 0 Å². The first-order chi connectivity index (χ1) is 31.3. The lowest BCUT2D eigenvalue weighted by atomic mass is 10.1. The third-order valence-electron chi connectivity index (χ3n) is 14.1. The van der Waals surface area contributed by atoms with Crippen LogP contribution < -0.4 is 0 Å². The maximum atomic E-state index is 13.8. The fourth-order valence-electron chi connectivity index (χ4n) is 9.29. The van der Waals surface area contributed by atoms with E-state index in [-0.39, 0.29) is 29.7 Å². The van der Waals surface area contributed by atoms with E-state index in [1.54, 1.807) is 0 Å². The van der Waals surface area contributed by atoms with Crippen molar-refractivity contribution in [1.82, 2.24) is 24.5 Å². The van der Waals surface area contributed by atoms with E-state index < -0.39 is 0 Å². The van der Waals surface area contributed by atoms with Gasteiger partial charge in [0.25, 0.3) is 0 Å². The Kier molecular flexibility index (Phi) is 67.1. The molecule has 414 valence electrons. The molecule has 0 aromatic heterocycles. The van der Waals surface area contributed by atoms with Crippen molar-refractivity contribution in [1.29, 1.82) is 0 Å². The summed E-state index contributed by atoms with van der Waals surface area (Å²) in [7, 11) is 4.29. The fourth-order valence-corrected chi connectivity index (χ4v) is 9.29. The molecule has 0 radical (unpaired) electrons. The van der Waals surface area contributed by atoms with Crippen LogP contribution in [0.4, 0.5) is 0 Å². The molecule has 1 amide bonds. The normalized spacial score (nSPS) is 11.1. The van der Waals surface area contributed by atoms with Crippen LogP contribution in [0.2, 0.25) is 0 Å². The van der Waals surface area contributed by atoms with Crippen LogP contribution in [0.1, 0.15) is 302 Å². The Balaban J connectivity index is -0.00000331. The Labute approximate surface area is 433 Å². The summed E-state index contributed by atoms with van der Waals surface area (Å²) in [6.07, 6.45) is 49.7. The summed E-state index contributed by atoms with van der Waals surface area (Å²) in [5, 5.41) is 0. The molecule has 0 aliphatic carbocycles. The van der Waals surface area contributed by atoms with Gasteiger partial charge in [0.1, 0.15) is 0 Å². The number of carbonyl (C=O) groups excluding carboxylic acids is 1. The summed E-state index contributed by atoms with van der Waals surface area (Å²) in [4.78, 5) is 26.2. The quantitative estimate of drug-likeness (QED) is 0.0567. The summed E-state index contributed by atoms with van der Waals surface area (Å²) in [5.41, 5.74) is 1.25. The van der Waals surface area contributed by atoms with Crippen LogP contribution in [0.15, 0.2) is 12.3 Å². The lowest BCUT2D eigenvalue weighted by Gasteiger charge is -2.30. The molecule has 0 atom stereocenters. The number of hydrogen-bond donors (Lipinski definition) is 0. The Hall–Kier alpha value is -1.11. The number of likely N-dealkylation sites (N-methyl/N-ethyl adjacent to an activating group) is 2. The average Bonchev–Trinajstić information content (AvgIpc) is 3.29. The molecule has 0 aromatic rings. The van der Waals surface area contributed by atoms with Gasteiger partial charge in [-0.05, 0) is 77.7 Å². The third kappa shape index (κ3) is 51.3. The maximum Gasteiger partial charge on any atom is 0.236 e. The second-order valence-corrected chi connectivity index (χ2v) is 20.5. The van der Waals surface area contributed by atoms with Gasteiger partial charge in [-0.1, -0.05) is 264 Å². The van der Waals surface area contributed by atoms with E-state index in [9.17, 15) is 4.79 Å². The summed E-state index contributed by atoms with van der Waals surface area (Å²) in [6, 6.07) is 0. The minimum Gasteiger partial charge on any atom is -0.377 e. The van der Waals surface area contributed by atoms with Crippen LogP contribution in [0.3, 0.4) is 0 Å². The van der Waals surface area contributed by atoms with Crippen molar-refractivity contribution in [3.63, 3.8) is 0 Å². The second-order valence-electron chi connectivity index (χ2n) is 20.5. The molecule has 6 heteroatoms. The highest BCUT2D eigenvalue weighted by Gasteiger charge is 2.17. The second kappa shape index (κ2) is 60.2. The first-order valence-corrected chi connectivity index (χ1v) is 29.1. The van der Waals surface area contributed by atoms with Gasteiger partial charge in [0.05, 0.1) is 6.54 Å². The molecule has 0 rings (SSSR count). The first-order valence-electron chi connectivity index (χ1n) is 29.1. The summed E-state index contributed by atoms with van der Waals surface area (Å²) in [5.74, 6) is 0.304. The smallest absolute Gasteiger partial charge is 0.236 e. The molecule has 0 unspecified atom stereocenters. The highest BCUT2D eigenvalue weighted by atomic mass is 16.2. The molecule has 6 nitrogen and oxygen atoms in total. The number of amides is 1. The van der Waals surface area contributed by atoms with Gasteiger partial charge in [-0.3, -0.25) is 14.6 Å². The van der Waals surface area contributed by atoms with E-state index in [4.69, 9.17) is 0 Å². The molecule has 0 N–H and O–H groups in total. The summed E-state index contributed by atoms with van der Waals surface area (Å²) < 4.78 is 0. The van der Waals surface area contributed by atoms with Crippen molar-refractivity contribution in [2.45, 2.75) is 302 Å². The minimum atomic E-state index is 0. The fraction of sp³-hybridized carbons (Fsp3) is 0.952. The third-order valence-corrected chi connectivity index (χ3v) is 14.1. The molecule has 0 saturated carbocycles. The number of nitrogens with zero attached hydrogens (tertiary/aromatic N) is 5. The summed E-state index contributed by atoms with van der Waals surface area (Å²) >= 11 is 0. The van der Waals surface area contributed by atoms with Crippen molar-refractivity contribution in [3.8, 4) is 0 Å². The van der Waals surface area contributed by atoms with Crippen molar-refractivity contribution < 1.29 is 4.79 Å². The molecule has 0 aliphatic rings. The van der Waals surface area contributed by atoms with Gasteiger partial charge < -0.3 is 14.7 Å². The van der Waals surface area contributed by atoms with Gasteiger partial charge in [0, 0.05) is 52.5 Å². The molecule has 0 spiro atoms. The standard InChI is InChI=1S/C58H119N5O.4CH4/c1-9-14-19-24-29-34-39-48-61(49-40-35-30-25-20-15-10-2)53-54-63(52-43-38-33-28-23-18-13-5)56-58(64)60(8)47-45-44-46-59(7)57(6)55-62(50-41-36-31-26-21-16-11-3)51-42-37-32-27-22-17-12-4;;;;/h6,9-56H2,1-5,7-8H3;4*1H4. The van der Waals surface area contributed by atoms with Crippen LogP contribution in [-0.2, 0) is 4.79 Å². The largest absolute Gasteiger partial charge is 0.377 e. The molecule has 0 aliphatic heterocycles. The van der Waals surface area contributed by atoms with E-state index in [1.165, 1.54) is 257 Å². The highest BCUT2D eigenvalue weighted by Crippen LogP contribution is 2.15. The number of hydrogen-bond acceptors (Lipinski definition) is 5. The van der Waals surface area contributed by atoms with E-state index >= 15 is 0 Å². The molecule has 0 fully saturated rings. The van der Waals surface area contributed by atoms with Gasteiger partial charge in [0.2, 0.25) is 5.91 Å². The van der Waals surface area contributed by atoms with E-state index in [1.807, 2.05) is 4.90 Å². The van der Waals surface area contributed by atoms with Crippen LogP contribution in [-0.4, -0.2) is 116 Å².